The second-order valence-electron chi connectivity index (χ2n) is 9.75. The molecular formula is C26H28N6O3S. The van der Waals surface area contributed by atoms with Crippen molar-refractivity contribution in [3.8, 4) is 11.6 Å². The van der Waals surface area contributed by atoms with Gasteiger partial charge in [-0.1, -0.05) is 56.3 Å². The van der Waals surface area contributed by atoms with Gasteiger partial charge in [0.25, 0.3) is 5.89 Å². The van der Waals surface area contributed by atoms with Crippen LogP contribution in [0.2, 0.25) is 0 Å². The van der Waals surface area contributed by atoms with Crippen LogP contribution in [0.5, 0.6) is 0 Å². The zero-order valence-corrected chi connectivity index (χ0v) is 21.3. The molecule has 0 saturated carbocycles. The number of aromatic nitrogens is 6. The quantitative estimate of drug-likeness (QED) is 0.310. The molecule has 2 aromatic carbocycles. The normalized spacial score (nSPS) is 12.4. The molecule has 0 spiro atoms. The highest BCUT2D eigenvalue weighted by atomic mass is 32.2. The minimum absolute atomic E-state index is 0.0417. The highest BCUT2D eigenvalue weighted by molar-refractivity contribution is 7.91. The van der Waals surface area contributed by atoms with Gasteiger partial charge in [0.1, 0.15) is 0 Å². The van der Waals surface area contributed by atoms with E-state index in [9.17, 15) is 8.42 Å². The summed E-state index contributed by atoms with van der Waals surface area (Å²) in [5.74, 6) is 0.493. The first-order valence-electron chi connectivity index (χ1n) is 11.8. The van der Waals surface area contributed by atoms with Crippen LogP contribution < -0.4 is 0 Å². The van der Waals surface area contributed by atoms with E-state index in [1.807, 2.05) is 51.8 Å². The molecule has 0 radical (unpaired) electrons. The van der Waals surface area contributed by atoms with Crippen LogP contribution in [-0.4, -0.2) is 43.6 Å². The van der Waals surface area contributed by atoms with E-state index in [2.05, 4.69) is 35.9 Å². The third-order valence-corrected chi connectivity index (χ3v) is 7.86. The van der Waals surface area contributed by atoms with Crippen LogP contribution in [0.1, 0.15) is 32.2 Å². The summed E-state index contributed by atoms with van der Waals surface area (Å²) in [6, 6.07) is 14.9. The molecule has 36 heavy (non-hydrogen) atoms. The average molecular weight is 505 g/mol. The first-order valence-corrected chi connectivity index (χ1v) is 13.4. The number of hydrogen-bond acceptors (Lipinski definition) is 7. The van der Waals surface area contributed by atoms with Gasteiger partial charge in [-0.05, 0) is 29.2 Å². The van der Waals surface area contributed by atoms with Crippen molar-refractivity contribution in [3.05, 3.63) is 78.6 Å². The maximum Gasteiger partial charge on any atom is 0.279 e. The fraction of sp³-hybridized carbons (Fsp3) is 0.308. The van der Waals surface area contributed by atoms with Gasteiger partial charge in [0.2, 0.25) is 0 Å². The average Bonchev–Trinajstić information content (AvgIpc) is 3.61. The fourth-order valence-corrected chi connectivity index (χ4v) is 5.28. The summed E-state index contributed by atoms with van der Waals surface area (Å²) in [6.07, 6.45) is 5.56. The lowest BCUT2D eigenvalue weighted by Crippen LogP contribution is -2.13. The van der Waals surface area contributed by atoms with Crippen LogP contribution in [0, 0.1) is 0 Å². The minimum Gasteiger partial charge on any atom is -0.336 e. The van der Waals surface area contributed by atoms with E-state index >= 15 is 0 Å². The fourth-order valence-electron chi connectivity index (χ4n) is 4.04. The van der Waals surface area contributed by atoms with Gasteiger partial charge < -0.3 is 9.09 Å². The zero-order valence-electron chi connectivity index (χ0n) is 20.5. The van der Waals surface area contributed by atoms with Crippen molar-refractivity contribution in [2.45, 2.75) is 50.6 Å². The van der Waals surface area contributed by atoms with E-state index in [-0.39, 0.29) is 23.5 Å². The van der Waals surface area contributed by atoms with E-state index in [1.54, 1.807) is 24.7 Å². The molecule has 9 nitrogen and oxygen atoms in total. The lowest BCUT2D eigenvalue weighted by atomic mass is 9.87. The molecule has 0 unspecified atom stereocenters. The van der Waals surface area contributed by atoms with Gasteiger partial charge in [-0.2, -0.15) is 10.1 Å². The molecule has 0 aliphatic rings. The van der Waals surface area contributed by atoms with E-state index in [1.165, 1.54) is 0 Å². The Kier molecular flexibility index (Phi) is 6.21. The molecule has 0 fully saturated rings. The van der Waals surface area contributed by atoms with E-state index in [4.69, 9.17) is 9.62 Å². The molecule has 0 aliphatic heterocycles. The Bertz CT molecular complexity index is 1580. The van der Waals surface area contributed by atoms with Crippen molar-refractivity contribution in [2.24, 2.45) is 0 Å². The van der Waals surface area contributed by atoms with Crippen molar-refractivity contribution in [1.29, 1.82) is 0 Å². The minimum atomic E-state index is -3.48. The molecule has 5 rings (SSSR count). The first-order chi connectivity index (χ1) is 17.2. The highest BCUT2D eigenvalue weighted by Crippen LogP contribution is 2.27. The monoisotopic (exact) mass is 504 g/mol. The lowest BCUT2D eigenvalue weighted by molar-refractivity contribution is 0.421. The molecule has 5 aromatic rings. The first kappa shape index (κ1) is 23.9. The third-order valence-electron chi connectivity index (χ3n) is 6.13. The van der Waals surface area contributed by atoms with Crippen molar-refractivity contribution in [3.63, 3.8) is 0 Å². The molecule has 3 aromatic heterocycles. The van der Waals surface area contributed by atoms with E-state index in [0.29, 0.717) is 23.0 Å². The number of aryl methyl sites for hydroxylation is 3. The highest BCUT2D eigenvalue weighted by Gasteiger charge is 2.21. The Balaban J connectivity index is 1.32. The topological polar surface area (TPSA) is 109 Å². The summed E-state index contributed by atoms with van der Waals surface area (Å²) in [5.41, 5.74) is 2.57. The van der Waals surface area contributed by atoms with Gasteiger partial charge in [0.15, 0.2) is 21.4 Å². The smallest absolute Gasteiger partial charge is 0.279 e. The Morgan fingerprint density at radius 2 is 1.78 bits per heavy atom. The van der Waals surface area contributed by atoms with Crippen LogP contribution in [0.15, 0.2) is 76.7 Å². The van der Waals surface area contributed by atoms with Crippen molar-refractivity contribution >= 4 is 20.7 Å². The van der Waals surface area contributed by atoms with Crippen molar-refractivity contribution in [1.82, 2.24) is 29.5 Å². The van der Waals surface area contributed by atoms with Crippen LogP contribution in [0.25, 0.3) is 22.5 Å². The Morgan fingerprint density at radius 3 is 2.50 bits per heavy atom. The second-order valence-corrected chi connectivity index (χ2v) is 11.9. The Labute approximate surface area is 209 Å². The standard InChI is InChI=1S/C26H28N6O3S/c1-26(2,3)19-8-10-20(11-9-19)36(33,34)17-12-23-28-25(35-30-23)24-21-6-4-5-7-22(21)32(29-24)16-15-31-14-13-27-18-31/h4-11,13-14,18H,12,15-17H2,1-3H3. The van der Waals surface area contributed by atoms with Crippen LogP contribution in [-0.2, 0) is 34.8 Å². The molecule has 0 atom stereocenters. The number of benzene rings is 2. The van der Waals surface area contributed by atoms with Gasteiger partial charge in [0, 0.05) is 30.7 Å². The molecule has 0 bridgehead atoms. The zero-order chi connectivity index (χ0) is 25.3. The molecule has 10 heteroatoms. The number of nitrogens with zero attached hydrogens (tertiary/aromatic N) is 6. The number of hydrogen-bond donors (Lipinski definition) is 0. The van der Waals surface area contributed by atoms with Gasteiger partial charge in [-0.3, -0.25) is 4.68 Å². The number of fused-ring (bicyclic) bond motifs is 1. The van der Waals surface area contributed by atoms with Crippen LogP contribution in [0.3, 0.4) is 0 Å². The summed E-state index contributed by atoms with van der Waals surface area (Å²) in [6.45, 7) is 7.64. The van der Waals surface area contributed by atoms with Gasteiger partial charge in [-0.15, -0.1) is 0 Å². The van der Waals surface area contributed by atoms with Crippen molar-refractivity contribution < 1.29 is 12.9 Å². The van der Waals surface area contributed by atoms with E-state index in [0.717, 1.165) is 23.0 Å². The van der Waals surface area contributed by atoms with Crippen LogP contribution in [0.4, 0.5) is 0 Å². The third kappa shape index (κ3) is 4.94. The molecule has 0 N–H and O–H groups in total. The molecule has 0 amide bonds. The molecule has 186 valence electrons. The molecular weight excluding hydrogens is 476 g/mol. The van der Waals surface area contributed by atoms with Crippen LogP contribution >= 0.6 is 0 Å². The lowest BCUT2D eigenvalue weighted by Gasteiger charge is -2.19. The Hall–Kier alpha value is -3.79. The molecule has 3 heterocycles. The van der Waals surface area contributed by atoms with Gasteiger partial charge >= 0.3 is 0 Å². The van der Waals surface area contributed by atoms with Gasteiger partial charge in [0.05, 0.1) is 29.0 Å². The summed E-state index contributed by atoms with van der Waals surface area (Å²) in [4.78, 5) is 8.83. The number of imidazole rings is 1. The summed E-state index contributed by atoms with van der Waals surface area (Å²) in [5, 5.41) is 9.64. The second kappa shape index (κ2) is 9.34. The SMILES string of the molecule is CC(C)(C)c1ccc(S(=O)(=O)CCc2noc(-c3nn(CCn4ccnc4)c4ccccc34)n2)cc1. The van der Waals surface area contributed by atoms with Crippen molar-refractivity contribution in [2.75, 3.05) is 5.75 Å². The summed E-state index contributed by atoms with van der Waals surface area (Å²) >= 11 is 0. The molecule has 0 aliphatic carbocycles. The number of rotatable bonds is 8. The largest absolute Gasteiger partial charge is 0.336 e. The maximum absolute atomic E-state index is 12.9. The molecule has 0 saturated heterocycles. The predicted octanol–water partition coefficient (Wildman–Crippen LogP) is 4.30. The maximum atomic E-state index is 12.9. The summed E-state index contributed by atoms with van der Waals surface area (Å²) in [7, 11) is -3.48. The van der Waals surface area contributed by atoms with Gasteiger partial charge in [-0.25, -0.2) is 13.4 Å². The predicted molar refractivity (Wildman–Crippen MR) is 136 cm³/mol. The summed E-state index contributed by atoms with van der Waals surface area (Å²) < 4.78 is 35.2. The van der Waals surface area contributed by atoms with E-state index < -0.39 is 9.84 Å². The number of para-hydroxylation sites is 1. The number of sulfone groups is 1. The Morgan fingerprint density at radius 1 is 1.00 bits per heavy atom.